The summed E-state index contributed by atoms with van der Waals surface area (Å²) in [5.41, 5.74) is 4.05. The number of nitrogens with zero attached hydrogens (tertiary/aromatic N) is 1. The average Bonchev–Trinajstić information content (AvgIpc) is 2.90. The van der Waals surface area contributed by atoms with Crippen LogP contribution in [0, 0.1) is 13.8 Å². The molecule has 1 aliphatic rings. The van der Waals surface area contributed by atoms with E-state index in [0.717, 1.165) is 43.6 Å². The van der Waals surface area contributed by atoms with Gasteiger partial charge in [0, 0.05) is 36.8 Å². The van der Waals surface area contributed by atoms with Gasteiger partial charge in [0.15, 0.2) is 12.4 Å². The molecule has 1 fully saturated rings. The molecule has 0 radical (unpaired) electrons. The molecule has 1 heterocycles. The van der Waals surface area contributed by atoms with Crippen molar-refractivity contribution in [1.29, 1.82) is 0 Å². The summed E-state index contributed by atoms with van der Waals surface area (Å²) in [4.78, 5) is 40.9. The summed E-state index contributed by atoms with van der Waals surface area (Å²) < 4.78 is 5.30. The van der Waals surface area contributed by atoms with Crippen LogP contribution in [0.25, 0.3) is 0 Å². The second-order valence-corrected chi connectivity index (χ2v) is 9.37. The van der Waals surface area contributed by atoms with Crippen LogP contribution in [0.15, 0.2) is 72.8 Å². The maximum atomic E-state index is 13.2. The summed E-state index contributed by atoms with van der Waals surface area (Å²) in [6.07, 6.45) is 1.69. The number of rotatable bonds is 8. The number of carbonyl (C=O) groups is 3. The number of amides is 1. The van der Waals surface area contributed by atoms with Crippen LogP contribution >= 0.6 is 0 Å². The number of likely N-dealkylation sites (tertiary alicyclic amines) is 1. The predicted molar refractivity (Wildman–Crippen MR) is 139 cm³/mol. The van der Waals surface area contributed by atoms with Gasteiger partial charge >= 0.3 is 5.97 Å². The number of aryl methyl sites for hydroxylation is 2. The Morgan fingerprint density at radius 3 is 2.25 bits per heavy atom. The topological polar surface area (TPSA) is 75.7 Å². The molecule has 0 saturated carbocycles. The normalized spacial score (nSPS) is 14.3. The third-order valence-electron chi connectivity index (χ3n) is 6.57. The molecule has 3 aromatic carbocycles. The first-order valence-corrected chi connectivity index (χ1v) is 12.3. The van der Waals surface area contributed by atoms with E-state index in [-0.39, 0.29) is 35.5 Å². The Hall–Kier alpha value is -3.77. The molecule has 36 heavy (non-hydrogen) atoms. The lowest BCUT2D eigenvalue weighted by Crippen LogP contribution is -2.45. The second kappa shape index (κ2) is 11.8. The predicted octanol–water partition coefficient (Wildman–Crippen LogP) is 4.47. The molecule has 4 rings (SSSR count). The highest BCUT2D eigenvalue weighted by Gasteiger charge is 2.23. The van der Waals surface area contributed by atoms with Crippen molar-refractivity contribution in [2.24, 2.45) is 0 Å². The first kappa shape index (κ1) is 25.3. The van der Waals surface area contributed by atoms with E-state index >= 15 is 0 Å². The van der Waals surface area contributed by atoms with Crippen molar-refractivity contribution in [3.8, 4) is 0 Å². The van der Waals surface area contributed by atoms with Crippen LogP contribution in [0.2, 0.25) is 0 Å². The van der Waals surface area contributed by atoms with E-state index in [1.54, 1.807) is 24.3 Å². The molecule has 6 nitrogen and oxygen atoms in total. The minimum absolute atomic E-state index is 0.0568. The molecule has 1 amide bonds. The Balaban J connectivity index is 1.29. The lowest BCUT2D eigenvalue weighted by molar-refractivity contribution is -0.125. The van der Waals surface area contributed by atoms with E-state index in [1.165, 1.54) is 5.56 Å². The number of hydrogen-bond acceptors (Lipinski definition) is 5. The van der Waals surface area contributed by atoms with Crippen molar-refractivity contribution in [1.82, 2.24) is 10.2 Å². The summed E-state index contributed by atoms with van der Waals surface area (Å²) in [5, 5.41) is 2.98. The van der Waals surface area contributed by atoms with Gasteiger partial charge in [0.25, 0.3) is 5.91 Å². The van der Waals surface area contributed by atoms with Gasteiger partial charge in [0.1, 0.15) is 0 Å². The summed E-state index contributed by atoms with van der Waals surface area (Å²) in [7, 11) is 0. The lowest BCUT2D eigenvalue weighted by Gasteiger charge is -2.32. The Kier molecular flexibility index (Phi) is 8.28. The summed E-state index contributed by atoms with van der Waals surface area (Å²) in [6, 6.07) is 22.6. The fourth-order valence-corrected chi connectivity index (χ4v) is 4.54. The van der Waals surface area contributed by atoms with Gasteiger partial charge < -0.3 is 10.1 Å². The highest BCUT2D eigenvalue weighted by molar-refractivity contribution is 6.15. The molecule has 0 unspecified atom stereocenters. The zero-order valence-electron chi connectivity index (χ0n) is 20.8. The standard InChI is InChI=1S/C30H32N2O4/c1-21-12-13-22(2)27(18-21)29(34)25-10-6-7-11-26(25)30(35)36-20-28(33)31-24-14-16-32(17-15-24)19-23-8-4-3-5-9-23/h3-13,18,24H,14-17,19-20H2,1-2H3,(H,31,33). The van der Waals surface area contributed by atoms with Gasteiger partial charge in [-0.05, 0) is 49.9 Å². The first-order chi connectivity index (χ1) is 17.4. The Morgan fingerprint density at radius 2 is 1.53 bits per heavy atom. The van der Waals surface area contributed by atoms with Crippen molar-refractivity contribution >= 4 is 17.7 Å². The molecule has 0 spiro atoms. The summed E-state index contributed by atoms with van der Waals surface area (Å²) >= 11 is 0. The van der Waals surface area contributed by atoms with Gasteiger partial charge in [-0.1, -0.05) is 66.2 Å². The largest absolute Gasteiger partial charge is 0.452 e. The van der Waals surface area contributed by atoms with E-state index < -0.39 is 5.97 Å². The van der Waals surface area contributed by atoms with Gasteiger partial charge in [0.2, 0.25) is 0 Å². The Bertz CT molecular complexity index is 1230. The molecule has 0 atom stereocenters. The molecule has 6 heteroatoms. The lowest BCUT2D eigenvalue weighted by atomic mass is 9.94. The second-order valence-electron chi connectivity index (χ2n) is 9.37. The van der Waals surface area contributed by atoms with Crippen LogP contribution in [0.5, 0.6) is 0 Å². The number of ketones is 1. The quantitative estimate of drug-likeness (QED) is 0.377. The Morgan fingerprint density at radius 1 is 0.861 bits per heavy atom. The average molecular weight is 485 g/mol. The number of hydrogen-bond donors (Lipinski definition) is 1. The fraction of sp³-hybridized carbons (Fsp3) is 0.300. The molecule has 1 N–H and O–H groups in total. The van der Waals surface area contributed by atoms with Gasteiger partial charge in [-0.25, -0.2) is 4.79 Å². The third-order valence-corrected chi connectivity index (χ3v) is 6.57. The first-order valence-electron chi connectivity index (χ1n) is 12.3. The molecule has 1 saturated heterocycles. The van der Waals surface area contributed by atoms with E-state index in [4.69, 9.17) is 4.74 Å². The maximum absolute atomic E-state index is 13.2. The van der Waals surface area contributed by atoms with E-state index in [1.807, 2.05) is 50.2 Å². The fourth-order valence-electron chi connectivity index (χ4n) is 4.54. The zero-order chi connectivity index (χ0) is 25.5. The Labute approximate surface area is 212 Å². The van der Waals surface area contributed by atoms with Crippen LogP contribution in [0.4, 0.5) is 0 Å². The van der Waals surface area contributed by atoms with Crippen LogP contribution in [0.3, 0.4) is 0 Å². The number of esters is 1. The van der Waals surface area contributed by atoms with Crippen LogP contribution in [-0.4, -0.2) is 48.3 Å². The van der Waals surface area contributed by atoms with Crippen molar-refractivity contribution in [2.45, 2.75) is 39.3 Å². The zero-order valence-corrected chi connectivity index (χ0v) is 20.8. The van der Waals surface area contributed by atoms with E-state index in [9.17, 15) is 14.4 Å². The number of carbonyl (C=O) groups excluding carboxylic acids is 3. The molecular formula is C30H32N2O4. The SMILES string of the molecule is Cc1ccc(C)c(C(=O)c2ccccc2C(=O)OCC(=O)NC2CCN(Cc3ccccc3)CC2)c1. The number of nitrogens with one attached hydrogen (secondary N) is 1. The molecule has 3 aromatic rings. The van der Waals surface area contributed by atoms with Crippen LogP contribution in [-0.2, 0) is 16.1 Å². The minimum Gasteiger partial charge on any atom is -0.452 e. The molecule has 0 aliphatic carbocycles. The number of benzene rings is 3. The van der Waals surface area contributed by atoms with Gasteiger partial charge in [-0.15, -0.1) is 0 Å². The molecular weight excluding hydrogens is 452 g/mol. The minimum atomic E-state index is -0.683. The van der Waals surface area contributed by atoms with Crippen molar-refractivity contribution < 1.29 is 19.1 Å². The third kappa shape index (κ3) is 6.46. The van der Waals surface area contributed by atoms with E-state index in [2.05, 4.69) is 22.3 Å². The summed E-state index contributed by atoms with van der Waals surface area (Å²) in [5.74, 6) is -1.25. The van der Waals surface area contributed by atoms with Gasteiger partial charge in [-0.2, -0.15) is 0 Å². The highest BCUT2D eigenvalue weighted by atomic mass is 16.5. The van der Waals surface area contributed by atoms with Crippen molar-refractivity contribution in [3.05, 3.63) is 106 Å². The monoisotopic (exact) mass is 484 g/mol. The van der Waals surface area contributed by atoms with Crippen LogP contribution in [0.1, 0.15) is 55.8 Å². The molecule has 186 valence electrons. The smallest absolute Gasteiger partial charge is 0.339 e. The summed E-state index contributed by atoms with van der Waals surface area (Å²) in [6.45, 7) is 6.10. The van der Waals surface area contributed by atoms with Crippen molar-refractivity contribution in [2.75, 3.05) is 19.7 Å². The van der Waals surface area contributed by atoms with Crippen LogP contribution < -0.4 is 5.32 Å². The van der Waals surface area contributed by atoms with E-state index in [0.29, 0.717) is 5.56 Å². The maximum Gasteiger partial charge on any atom is 0.339 e. The molecule has 1 aliphatic heterocycles. The van der Waals surface area contributed by atoms with Crippen molar-refractivity contribution in [3.63, 3.8) is 0 Å². The highest BCUT2D eigenvalue weighted by Crippen LogP contribution is 2.20. The molecule has 0 bridgehead atoms. The number of ether oxygens (including phenoxy) is 1. The molecule has 0 aromatic heterocycles. The van der Waals surface area contributed by atoms with Gasteiger partial charge in [0.05, 0.1) is 5.56 Å². The van der Waals surface area contributed by atoms with Gasteiger partial charge in [-0.3, -0.25) is 14.5 Å². The number of piperidine rings is 1.